The van der Waals surface area contributed by atoms with Crippen molar-refractivity contribution in [2.75, 3.05) is 9.80 Å². The van der Waals surface area contributed by atoms with Gasteiger partial charge in [-0.05, 0) is 87.6 Å². The number of hydrogen-bond acceptors (Lipinski definition) is 3. The molecule has 3 heteroatoms. The number of rotatable bonds is 6. The standard InChI is InChI=1S/C52H34N2S/c1-3-19-37(20-4-1)53(48-27-13-17-35-15-7-9-23-41(35)48)39-29-31-45-47(33-39)43-25-11-12-26-44(43)51-46-32-30-40(34-50(46)55-52(45)51)54(38-21-5-2-6-22-38)49-28-14-18-36-16-8-10-24-42(36)49/h1-34H. The van der Waals surface area contributed by atoms with Crippen LogP contribution in [0.1, 0.15) is 0 Å². The van der Waals surface area contributed by atoms with Crippen LogP contribution in [0.25, 0.3) is 63.3 Å². The molecule has 55 heavy (non-hydrogen) atoms. The topological polar surface area (TPSA) is 6.48 Å². The number of para-hydroxylation sites is 2. The van der Waals surface area contributed by atoms with Gasteiger partial charge in [-0.3, -0.25) is 0 Å². The molecular formula is C52H34N2S. The monoisotopic (exact) mass is 718 g/mol. The zero-order valence-corrected chi connectivity index (χ0v) is 30.7. The molecule has 0 bridgehead atoms. The quantitative estimate of drug-likeness (QED) is 0.158. The Morgan fingerprint density at radius 2 is 0.764 bits per heavy atom. The third-order valence-electron chi connectivity index (χ3n) is 11.0. The van der Waals surface area contributed by atoms with Gasteiger partial charge in [-0.2, -0.15) is 0 Å². The lowest BCUT2D eigenvalue weighted by Crippen LogP contribution is -2.10. The maximum atomic E-state index is 2.41. The molecule has 0 amide bonds. The van der Waals surface area contributed by atoms with Crippen LogP contribution < -0.4 is 9.80 Å². The summed E-state index contributed by atoms with van der Waals surface area (Å²) in [6.07, 6.45) is 0. The molecule has 0 unspecified atom stereocenters. The van der Waals surface area contributed by atoms with Crippen molar-refractivity contribution >= 4 is 109 Å². The fourth-order valence-electron chi connectivity index (χ4n) is 8.52. The molecule has 11 aromatic rings. The number of nitrogens with zero attached hydrogens (tertiary/aromatic N) is 2. The minimum Gasteiger partial charge on any atom is -0.310 e. The van der Waals surface area contributed by atoms with Crippen LogP contribution in [0, 0.1) is 0 Å². The van der Waals surface area contributed by atoms with Crippen molar-refractivity contribution in [3.63, 3.8) is 0 Å². The van der Waals surface area contributed by atoms with Gasteiger partial charge in [0.15, 0.2) is 0 Å². The van der Waals surface area contributed by atoms with E-state index in [1.54, 1.807) is 0 Å². The number of hydrogen-bond donors (Lipinski definition) is 0. The lowest BCUT2D eigenvalue weighted by Gasteiger charge is -2.27. The summed E-state index contributed by atoms with van der Waals surface area (Å²) in [5.74, 6) is 0. The maximum absolute atomic E-state index is 2.41. The van der Waals surface area contributed by atoms with Crippen LogP contribution >= 0.6 is 11.3 Å². The fraction of sp³-hybridized carbons (Fsp3) is 0. The van der Waals surface area contributed by atoms with Crippen molar-refractivity contribution in [1.82, 2.24) is 0 Å². The van der Waals surface area contributed by atoms with Gasteiger partial charge < -0.3 is 9.80 Å². The number of benzene rings is 10. The predicted molar refractivity (Wildman–Crippen MR) is 239 cm³/mol. The van der Waals surface area contributed by atoms with Gasteiger partial charge in [0, 0.05) is 59.1 Å². The lowest BCUT2D eigenvalue weighted by atomic mass is 9.96. The molecule has 0 saturated heterocycles. The molecule has 0 N–H and O–H groups in total. The second kappa shape index (κ2) is 12.9. The van der Waals surface area contributed by atoms with E-state index in [1.807, 2.05) is 11.3 Å². The molecule has 0 spiro atoms. The molecule has 0 radical (unpaired) electrons. The molecule has 2 nitrogen and oxygen atoms in total. The highest BCUT2D eigenvalue weighted by Gasteiger charge is 2.21. The Balaban J connectivity index is 1.14. The van der Waals surface area contributed by atoms with Gasteiger partial charge in [-0.1, -0.05) is 146 Å². The minimum atomic E-state index is 1.13. The van der Waals surface area contributed by atoms with Crippen LogP contribution in [0.5, 0.6) is 0 Å². The minimum absolute atomic E-state index is 1.13. The first-order chi connectivity index (χ1) is 27.3. The first-order valence-electron chi connectivity index (χ1n) is 18.8. The van der Waals surface area contributed by atoms with Gasteiger partial charge in [0.25, 0.3) is 0 Å². The second-order valence-electron chi connectivity index (χ2n) is 14.1. The fourth-order valence-corrected chi connectivity index (χ4v) is 9.81. The van der Waals surface area contributed by atoms with E-state index in [0.717, 1.165) is 28.4 Å². The Labute approximate surface area is 323 Å². The smallest absolute Gasteiger partial charge is 0.0540 e. The van der Waals surface area contributed by atoms with Crippen LogP contribution in [0.3, 0.4) is 0 Å². The Kier molecular flexibility index (Phi) is 7.39. The van der Waals surface area contributed by atoms with Gasteiger partial charge in [-0.25, -0.2) is 0 Å². The van der Waals surface area contributed by atoms with E-state index in [1.165, 1.54) is 68.9 Å². The first kappa shape index (κ1) is 31.6. The van der Waals surface area contributed by atoms with E-state index in [9.17, 15) is 0 Å². The van der Waals surface area contributed by atoms with Gasteiger partial charge in [0.2, 0.25) is 0 Å². The maximum Gasteiger partial charge on any atom is 0.0540 e. The Hall–Kier alpha value is -6.94. The third-order valence-corrected chi connectivity index (χ3v) is 12.2. The first-order valence-corrected chi connectivity index (χ1v) is 19.6. The molecule has 0 aliphatic carbocycles. The van der Waals surface area contributed by atoms with E-state index < -0.39 is 0 Å². The molecule has 0 atom stereocenters. The SMILES string of the molecule is c1ccc(N(c2ccc3c(c2)sc2c4ccc(N(c5ccccc5)c5cccc6ccccc56)cc4c4ccccc4c32)c2cccc3ccccc23)cc1. The zero-order valence-electron chi connectivity index (χ0n) is 29.9. The largest absolute Gasteiger partial charge is 0.310 e. The van der Waals surface area contributed by atoms with Crippen molar-refractivity contribution in [2.45, 2.75) is 0 Å². The summed E-state index contributed by atoms with van der Waals surface area (Å²) in [6.45, 7) is 0. The van der Waals surface area contributed by atoms with E-state index in [0.29, 0.717) is 0 Å². The molecule has 0 saturated carbocycles. The molecule has 1 aromatic heterocycles. The van der Waals surface area contributed by atoms with Crippen molar-refractivity contribution in [1.29, 1.82) is 0 Å². The molecule has 10 aromatic carbocycles. The summed E-state index contributed by atoms with van der Waals surface area (Å²) in [5.41, 5.74) is 6.88. The van der Waals surface area contributed by atoms with Crippen LogP contribution in [0.2, 0.25) is 0 Å². The molecule has 1 heterocycles. The Morgan fingerprint density at radius 1 is 0.291 bits per heavy atom. The molecule has 0 fully saturated rings. The molecular weight excluding hydrogens is 685 g/mol. The zero-order chi connectivity index (χ0) is 36.3. The third kappa shape index (κ3) is 5.16. The van der Waals surface area contributed by atoms with E-state index in [-0.39, 0.29) is 0 Å². The highest BCUT2D eigenvalue weighted by molar-refractivity contribution is 7.27. The molecule has 0 aliphatic heterocycles. The van der Waals surface area contributed by atoms with Crippen molar-refractivity contribution < 1.29 is 0 Å². The summed E-state index contributed by atoms with van der Waals surface area (Å²) in [7, 11) is 0. The number of anilines is 6. The summed E-state index contributed by atoms with van der Waals surface area (Å²) in [5, 5.41) is 12.6. The summed E-state index contributed by atoms with van der Waals surface area (Å²) in [6, 6.07) is 75.0. The molecule has 11 rings (SSSR count). The van der Waals surface area contributed by atoms with Gasteiger partial charge in [0.1, 0.15) is 0 Å². The van der Waals surface area contributed by atoms with E-state index in [4.69, 9.17) is 0 Å². The van der Waals surface area contributed by atoms with Gasteiger partial charge in [-0.15, -0.1) is 11.3 Å². The van der Waals surface area contributed by atoms with Gasteiger partial charge in [0.05, 0.1) is 11.4 Å². The van der Waals surface area contributed by atoms with Crippen molar-refractivity contribution in [3.8, 4) is 0 Å². The highest BCUT2D eigenvalue weighted by Crippen LogP contribution is 2.48. The average Bonchev–Trinajstić information content (AvgIpc) is 3.64. The molecule has 258 valence electrons. The van der Waals surface area contributed by atoms with Crippen LogP contribution in [0.15, 0.2) is 206 Å². The average molecular weight is 719 g/mol. The van der Waals surface area contributed by atoms with Crippen molar-refractivity contribution in [2.24, 2.45) is 0 Å². The normalized spacial score (nSPS) is 11.6. The highest BCUT2D eigenvalue weighted by atomic mass is 32.1. The Morgan fingerprint density at radius 3 is 1.36 bits per heavy atom. The van der Waals surface area contributed by atoms with Crippen molar-refractivity contribution in [3.05, 3.63) is 206 Å². The summed E-state index contributed by atoms with van der Waals surface area (Å²) < 4.78 is 2.59. The van der Waals surface area contributed by atoms with Crippen LogP contribution in [0.4, 0.5) is 34.1 Å². The number of thiophene rings is 1. The van der Waals surface area contributed by atoms with E-state index >= 15 is 0 Å². The second-order valence-corrected chi connectivity index (χ2v) is 15.2. The van der Waals surface area contributed by atoms with Crippen LogP contribution in [-0.2, 0) is 0 Å². The van der Waals surface area contributed by atoms with Crippen LogP contribution in [-0.4, -0.2) is 0 Å². The Bertz CT molecular complexity index is 3210. The lowest BCUT2D eigenvalue weighted by molar-refractivity contribution is 1.30. The molecule has 0 aliphatic rings. The number of fused-ring (bicyclic) bond motifs is 10. The summed E-state index contributed by atoms with van der Waals surface area (Å²) >= 11 is 1.90. The summed E-state index contributed by atoms with van der Waals surface area (Å²) in [4.78, 5) is 4.81. The van der Waals surface area contributed by atoms with E-state index in [2.05, 4.69) is 216 Å². The van der Waals surface area contributed by atoms with Gasteiger partial charge >= 0.3 is 0 Å². The predicted octanol–water partition coefficient (Wildman–Crippen LogP) is 15.6.